The van der Waals surface area contributed by atoms with Gasteiger partial charge in [0.2, 0.25) is 47.3 Å². The zero-order valence-electron chi connectivity index (χ0n) is 38.3. The molecule has 1 aliphatic heterocycles. The van der Waals surface area contributed by atoms with Crippen molar-refractivity contribution in [2.75, 3.05) is 46.1 Å². The number of phosphoric ester groups is 1. The molecule has 8 amide bonds. The van der Waals surface area contributed by atoms with Gasteiger partial charge in [-0.3, -0.25) is 47.9 Å². The molecule has 1 heterocycles. The maximum atomic E-state index is 13.6. The molecule has 0 bridgehead atoms. The van der Waals surface area contributed by atoms with E-state index in [0.717, 1.165) is 11.8 Å². The molecule has 0 aliphatic carbocycles. The Morgan fingerprint density at radius 1 is 0.735 bits per heavy atom. The van der Waals surface area contributed by atoms with Crippen LogP contribution < -0.4 is 60.2 Å². The number of nitrogens with zero attached hydrogens (tertiary/aromatic N) is 2. The fourth-order valence-corrected chi connectivity index (χ4v) is 6.91. The predicted molar refractivity (Wildman–Crippen MR) is 239 cm³/mol. The zero-order chi connectivity index (χ0) is 51.7. The largest absolute Gasteiger partial charge is 0.469 e. The molecule has 0 aromatic rings. The monoisotopic (exact) mass is 995 g/mol. The van der Waals surface area contributed by atoms with Gasteiger partial charge in [-0.15, -0.1) is 0 Å². The van der Waals surface area contributed by atoms with Crippen LogP contribution in [0, 0.1) is 5.92 Å². The maximum Gasteiger partial charge on any atom is 0.469 e. The van der Waals surface area contributed by atoms with E-state index >= 15 is 0 Å². The summed E-state index contributed by atoms with van der Waals surface area (Å²) in [6.45, 7) is 1.21. The molecule has 388 valence electrons. The van der Waals surface area contributed by atoms with Crippen molar-refractivity contribution in [3.8, 4) is 0 Å². The summed E-state index contributed by atoms with van der Waals surface area (Å²) in [7, 11) is -5.29. The molecule has 0 aromatic heterocycles. The number of likely N-dealkylation sites (tertiary alicyclic amines) is 1. The second-order valence-corrected chi connectivity index (χ2v) is 17.5. The summed E-state index contributed by atoms with van der Waals surface area (Å²) in [6.07, 6.45) is 2.03. The van der Waals surface area contributed by atoms with Crippen molar-refractivity contribution in [3.05, 3.63) is 0 Å². The van der Waals surface area contributed by atoms with Crippen molar-refractivity contribution in [1.82, 2.24) is 42.1 Å². The van der Waals surface area contributed by atoms with E-state index in [0.29, 0.717) is 25.5 Å². The summed E-state index contributed by atoms with van der Waals surface area (Å²) >= 11 is 0. The third-order valence-electron chi connectivity index (χ3n) is 10.2. The van der Waals surface area contributed by atoms with Crippen LogP contribution in [0.3, 0.4) is 0 Å². The van der Waals surface area contributed by atoms with Gasteiger partial charge < -0.3 is 95.0 Å². The molecule has 20 N–H and O–H groups in total. The number of aliphatic imine (C=N–C) groups is 1. The topological polar surface area (TPSA) is 485 Å². The SMILES string of the molecule is CC(C)C[C@@H](C=O)NC(=O)[C@H](CCCN=C(N)N)NC(=O)[C@H](CO)NC(=O)[C@H](CCCCN)NC(=O)[C@H](C)NC(=O)[C@H](COP(=O)(O)O)NC(=O)[C@H](CO)NC(=O)[C@@H]1CCCN1C(=O)[C@@H](N)CO. The van der Waals surface area contributed by atoms with Gasteiger partial charge in [0.25, 0.3) is 0 Å². The van der Waals surface area contributed by atoms with Crippen LogP contribution >= 0.6 is 7.82 Å². The third-order valence-corrected chi connectivity index (χ3v) is 10.6. The lowest BCUT2D eigenvalue weighted by atomic mass is 10.0. The van der Waals surface area contributed by atoms with E-state index < -0.39 is 136 Å². The number of rotatable bonds is 32. The molecule has 0 unspecified atom stereocenters. The Kier molecular flexibility index (Phi) is 27.5. The predicted octanol–water partition coefficient (Wildman–Crippen LogP) is -7.77. The van der Waals surface area contributed by atoms with Crippen LogP contribution in [0.25, 0.3) is 0 Å². The van der Waals surface area contributed by atoms with Gasteiger partial charge in [0.15, 0.2) is 5.96 Å². The number of nitrogens with two attached hydrogens (primary N) is 4. The second kappa shape index (κ2) is 30.9. The van der Waals surface area contributed by atoms with Crippen LogP contribution in [0.5, 0.6) is 0 Å². The lowest BCUT2D eigenvalue weighted by Gasteiger charge is -2.28. The van der Waals surface area contributed by atoms with Crippen LogP contribution in [0.15, 0.2) is 4.99 Å². The van der Waals surface area contributed by atoms with E-state index in [4.69, 9.17) is 22.9 Å². The van der Waals surface area contributed by atoms with E-state index in [-0.39, 0.29) is 63.6 Å². The van der Waals surface area contributed by atoms with E-state index in [1.807, 2.05) is 13.8 Å². The van der Waals surface area contributed by atoms with Crippen molar-refractivity contribution in [2.45, 2.75) is 127 Å². The minimum Gasteiger partial charge on any atom is -0.394 e. The van der Waals surface area contributed by atoms with Gasteiger partial charge in [0.1, 0.15) is 54.6 Å². The standard InChI is InChI=1S/C38H70N13O16P/c1-20(2)14-22(15-52)45-31(57)25(9-6-12-43-38(41)42)47-33(59)26(17-54)48-32(58)24(8-4-5-11-39)46-30(56)21(3)44-35(61)28(19-67-68(64,65)66)50-34(60)27(18-55)49-36(62)29-10-7-13-51(29)37(63)23(40)16-53/h15,20-29,53-55H,4-14,16-19,39-40H2,1-3H3,(H,44,61)(H,45,57)(H,46,56)(H,47,59)(H,48,58)(H,49,62)(H,50,60)(H4,41,42,43)(H2,64,65,66)/t21-,22-,23-,24-,25-,26-,27-,28-,29-/m0/s1. The number of aliphatic hydroxyl groups excluding tert-OH is 3. The summed E-state index contributed by atoms with van der Waals surface area (Å²) < 4.78 is 16.0. The molecule has 68 heavy (non-hydrogen) atoms. The van der Waals surface area contributed by atoms with Gasteiger partial charge >= 0.3 is 7.82 Å². The Labute approximate surface area is 392 Å². The first-order chi connectivity index (χ1) is 31.9. The highest BCUT2D eigenvalue weighted by Crippen LogP contribution is 2.35. The molecular weight excluding hydrogens is 925 g/mol. The van der Waals surface area contributed by atoms with Crippen molar-refractivity contribution >= 4 is 67.3 Å². The van der Waals surface area contributed by atoms with E-state index in [2.05, 4.69) is 46.7 Å². The number of hydrogen-bond acceptors (Lipinski definition) is 17. The first-order valence-electron chi connectivity index (χ1n) is 21.8. The van der Waals surface area contributed by atoms with E-state index in [1.54, 1.807) is 0 Å². The molecule has 29 nitrogen and oxygen atoms in total. The molecule has 0 spiro atoms. The molecule has 0 radical (unpaired) electrons. The zero-order valence-corrected chi connectivity index (χ0v) is 39.2. The number of carbonyl (C=O) groups is 9. The third kappa shape index (κ3) is 22.1. The average molecular weight is 996 g/mol. The van der Waals surface area contributed by atoms with Crippen molar-refractivity contribution < 1.29 is 77.3 Å². The average Bonchev–Trinajstić information content (AvgIpc) is 3.78. The summed E-state index contributed by atoms with van der Waals surface area (Å²) in [5.74, 6) is -8.16. The Morgan fingerprint density at radius 3 is 1.78 bits per heavy atom. The van der Waals surface area contributed by atoms with Crippen molar-refractivity contribution in [3.63, 3.8) is 0 Å². The smallest absolute Gasteiger partial charge is 0.394 e. The van der Waals surface area contributed by atoms with Gasteiger partial charge in [0.05, 0.1) is 32.5 Å². The summed E-state index contributed by atoms with van der Waals surface area (Å²) in [5, 5.41) is 45.6. The van der Waals surface area contributed by atoms with Gasteiger partial charge in [-0.1, -0.05) is 13.8 Å². The quantitative estimate of drug-likeness (QED) is 0.00978. The molecule has 1 fully saturated rings. The van der Waals surface area contributed by atoms with Crippen LogP contribution in [0.4, 0.5) is 0 Å². The van der Waals surface area contributed by atoms with Gasteiger partial charge in [0, 0.05) is 13.1 Å². The fraction of sp³-hybridized carbons (Fsp3) is 0.737. The van der Waals surface area contributed by atoms with Crippen molar-refractivity contribution in [2.24, 2.45) is 33.8 Å². The minimum atomic E-state index is -5.29. The van der Waals surface area contributed by atoms with Crippen LogP contribution in [0.1, 0.15) is 72.1 Å². The Balaban J connectivity index is 3.21. The number of amides is 8. The fourth-order valence-electron chi connectivity index (χ4n) is 6.57. The highest BCUT2D eigenvalue weighted by atomic mass is 31.2. The maximum absolute atomic E-state index is 13.6. The summed E-state index contributed by atoms with van der Waals surface area (Å²) in [5.41, 5.74) is 22.0. The van der Waals surface area contributed by atoms with Gasteiger partial charge in [-0.2, -0.15) is 0 Å². The summed E-state index contributed by atoms with van der Waals surface area (Å²) in [6, 6.07) is -13.1. The Morgan fingerprint density at radius 2 is 1.25 bits per heavy atom. The number of guanidine groups is 1. The van der Waals surface area contributed by atoms with E-state index in [1.165, 1.54) is 0 Å². The normalized spacial score (nSPS) is 17.2. The lowest BCUT2D eigenvalue weighted by molar-refractivity contribution is -0.141. The van der Waals surface area contributed by atoms with Crippen LogP contribution in [0.2, 0.25) is 0 Å². The van der Waals surface area contributed by atoms with Crippen LogP contribution in [-0.4, -0.2) is 190 Å². The molecule has 0 saturated carbocycles. The number of nitrogens with one attached hydrogen (secondary N) is 7. The van der Waals surface area contributed by atoms with E-state index in [9.17, 15) is 72.8 Å². The highest BCUT2D eigenvalue weighted by Gasteiger charge is 2.39. The number of hydrogen-bond donors (Lipinski definition) is 16. The Bertz CT molecular complexity index is 1790. The first-order valence-corrected chi connectivity index (χ1v) is 23.4. The minimum absolute atomic E-state index is 0.0229. The number of aldehydes is 1. The summed E-state index contributed by atoms with van der Waals surface area (Å²) in [4.78, 5) is 141. The second-order valence-electron chi connectivity index (χ2n) is 16.3. The van der Waals surface area contributed by atoms with Gasteiger partial charge in [-0.05, 0) is 70.8 Å². The number of phosphoric acid groups is 1. The Hall–Kier alpha value is -5.39. The first kappa shape index (κ1) is 60.6. The van der Waals surface area contributed by atoms with Gasteiger partial charge in [-0.25, -0.2) is 4.57 Å². The lowest BCUT2D eigenvalue weighted by Crippen LogP contribution is -2.61. The molecule has 1 saturated heterocycles. The molecule has 30 heteroatoms. The molecular formula is C38H70N13O16P. The molecule has 0 aromatic carbocycles. The number of carbonyl (C=O) groups excluding carboxylic acids is 9. The highest BCUT2D eigenvalue weighted by molar-refractivity contribution is 7.46. The number of unbranched alkanes of at least 4 members (excludes halogenated alkanes) is 1. The molecule has 9 atom stereocenters. The number of aliphatic hydroxyl groups is 3. The van der Waals surface area contributed by atoms with Crippen LogP contribution in [-0.2, 0) is 52.2 Å². The van der Waals surface area contributed by atoms with Crippen molar-refractivity contribution in [1.29, 1.82) is 0 Å². The molecule has 1 aliphatic rings. The molecule has 1 rings (SSSR count).